The summed E-state index contributed by atoms with van der Waals surface area (Å²) in [4.78, 5) is 14.0. The van der Waals surface area contributed by atoms with Crippen LogP contribution in [0.25, 0.3) is 0 Å². The maximum Gasteiger partial charge on any atom is 0.407 e. The summed E-state index contributed by atoms with van der Waals surface area (Å²) in [5.41, 5.74) is 0. The highest BCUT2D eigenvalue weighted by Gasteiger charge is 2.39. The molecule has 1 rings (SSSR count). The van der Waals surface area contributed by atoms with E-state index in [9.17, 15) is 4.79 Å². The summed E-state index contributed by atoms with van der Waals surface area (Å²) in [5.74, 6) is 0. The third kappa shape index (κ3) is 1.30. The van der Waals surface area contributed by atoms with Gasteiger partial charge >= 0.3 is 6.09 Å². The molecule has 1 aliphatic rings. The van der Waals surface area contributed by atoms with Crippen molar-refractivity contribution in [3.8, 4) is 0 Å². The Morgan fingerprint density at radius 2 is 2.18 bits per heavy atom. The van der Waals surface area contributed by atoms with E-state index in [0.29, 0.717) is 12.6 Å². The van der Waals surface area contributed by atoms with Crippen LogP contribution in [0.5, 0.6) is 0 Å². The molecule has 0 aromatic rings. The fourth-order valence-corrected chi connectivity index (χ4v) is 1.44. The van der Waals surface area contributed by atoms with Gasteiger partial charge in [0.2, 0.25) is 0 Å². The fourth-order valence-electron chi connectivity index (χ4n) is 1.44. The van der Waals surface area contributed by atoms with Crippen LogP contribution in [-0.2, 0) is 0 Å². The molecule has 4 nitrogen and oxygen atoms in total. The Kier molecular flexibility index (Phi) is 2.04. The van der Waals surface area contributed by atoms with E-state index in [0.717, 1.165) is 0 Å². The van der Waals surface area contributed by atoms with E-state index in [1.54, 1.807) is 0 Å². The molecule has 0 aromatic heterocycles. The monoisotopic (exact) mass is 158 g/mol. The zero-order valence-electron chi connectivity index (χ0n) is 7.11. The van der Waals surface area contributed by atoms with Crippen LogP contribution in [0.3, 0.4) is 0 Å². The quantitative estimate of drug-likeness (QED) is 0.597. The second kappa shape index (κ2) is 2.70. The predicted molar refractivity (Wildman–Crippen MR) is 41.7 cm³/mol. The Morgan fingerprint density at radius 3 is 2.45 bits per heavy atom. The van der Waals surface area contributed by atoms with Crippen LogP contribution in [0.1, 0.15) is 6.92 Å². The molecule has 0 spiro atoms. The highest BCUT2D eigenvalue weighted by molar-refractivity contribution is 5.67. The number of rotatable bonds is 1. The van der Waals surface area contributed by atoms with Crippen molar-refractivity contribution < 1.29 is 9.90 Å². The summed E-state index contributed by atoms with van der Waals surface area (Å²) >= 11 is 0. The number of amides is 1. The molecule has 0 aromatic carbocycles. The lowest BCUT2D eigenvalue weighted by Gasteiger charge is -2.47. The lowest BCUT2D eigenvalue weighted by molar-refractivity contribution is 0.0120. The number of carboxylic acid groups (broad SMARTS) is 1. The Bertz CT molecular complexity index is 170. The van der Waals surface area contributed by atoms with Crippen LogP contribution in [0.15, 0.2) is 0 Å². The van der Waals surface area contributed by atoms with Crippen LogP contribution in [0.2, 0.25) is 0 Å². The van der Waals surface area contributed by atoms with Crippen molar-refractivity contribution in [2.75, 3.05) is 20.6 Å². The van der Waals surface area contributed by atoms with E-state index in [4.69, 9.17) is 5.11 Å². The summed E-state index contributed by atoms with van der Waals surface area (Å²) in [6.45, 7) is 2.58. The average molecular weight is 158 g/mol. The lowest BCUT2D eigenvalue weighted by Crippen LogP contribution is -2.65. The number of carbonyl (C=O) groups is 1. The number of hydrogen-bond donors (Lipinski definition) is 1. The van der Waals surface area contributed by atoms with Gasteiger partial charge in [-0.25, -0.2) is 4.79 Å². The third-order valence-corrected chi connectivity index (χ3v) is 2.34. The van der Waals surface area contributed by atoms with Gasteiger partial charge in [-0.1, -0.05) is 0 Å². The van der Waals surface area contributed by atoms with Crippen molar-refractivity contribution in [1.29, 1.82) is 0 Å². The van der Waals surface area contributed by atoms with Crippen LogP contribution >= 0.6 is 0 Å². The van der Waals surface area contributed by atoms with Gasteiger partial charge in [0.05, 0.1) is 0 Å². The Balaban J connectivity index is 2.44. The molecular weight excluding hydrogens is 144 g/mol. The zero-order valence-corrected chi connectivity index (χ0v) is 7.11. The first-order chi connectivity index (χ1) is 5.04. The Hall–Kier alpha value is -0.770. The van der Waals surface area contributed by atoms with Gasteiger partial charge in [-0.2, -0.15) is 0 Å². The van der Waals surface area contributed by atoms with Crippen LogP contribution in [0.4, 0.5) is 4.79 Å². The van der Waals surface area contributed by atoms with Crippen molar-refractivity contribution in [3.05, 3.63) is 0 Å². The topological polar surface area (TPSA) is 43.8 Å². The molecule has 11 heavy (non-hydrogen) atoms. The average Bonchev–Trinajstić information content (AvgIpc) is 1.82. The minimum atomic E-state index is -0.810. The van der Waals surface area contributed by atoms with Gasteiger partial charge in [0.25, 0.3) is 0 Å². The molecule has 2 atom stereocenters. The van der Waals surface area contributed by atoms with Crippen LogP contribution in [0, 0.1) is 0 Å². The predicted octanol–water partition coefficient (Wildman–Crippen LogP) is 0.299. The second-order valence-electron chi connectivity index (χ2n) is 3.21. The van der Waals surface area contributed by atoms with Gasteiger partial charge < -0.3 is 14.9 Å². The Labute approximate surface area is 66.4 Å². The molecule has 0 radical (unpaired) electrons. The minimum absolute atomic E-state index is 0.141. The molecule has 2 unspecified atom stereocenters. The standard InChI is InChI=1S/C7H14N2O2/c1-5-6(8(2)3)4-9(5)7(10)11/h5-6H,4H2,1-3H3,(H,10,11). The summed E-state index contributed by atoms with van der Waals surface area (Å²) in [7, 11) is 3.95. The van der Waals surface area contributed by atoms with Gasteiger partial charge in [-0.05, 0) is 21.0 Å². The molecular formula is C7H14N2O2. The lowest BCUT2D eigenvalue weighted by atomic mass is 9.98. The van der Waals surface area contributed by atoms with Gasteiger partial charge in [0, 0.05) is 18.6 Å². The van der Waals surface area contributed by atoms with Crippen molar-refractivity contribution in [3.63, 3.8) is 0 Å². The highest BCUT2D eigenvalue weighted by Crippen LogP contribution is 2.20. The van der Waals surface area contributed by atoms with E-state index in [1.807, 2.05) is 21.0 Å². The molecule has 1 amide bonds. The second-order valence-corrected chi connectivity index (χ2v) is 3.21. The van der Waals surface area contributed by atoms with Crippen molar-refractivity contribution in [1.82, 2.24) is 9.80 Å². The molecule has 4 heteroatoms. The van der Waals surface area contributed by atoms with Crippen molar-refractivity contribution in [2.24, 2.45) is 0 Å². The SMILES string of the molecule is CC1C(N(C)C)CN1C(=O)O. The minimum Gasteiger partial charge on any atom is -0.465 e. The number of nitrogens with zero attached hydrogens (tertiary/aromatic N) is 2. The molecule has 1 aliphatic heterocycles. The summed E-state index contributed by atoms with van der Waals surface area (Å²) in [6.07, 6.45) is -0.810. The summed E-state index contributed by atoms with van der Waals surface area (Å²) in [5, 5.41) is 8.61. The third-order valence-electron chi connectivity index (χ3n) is 2.34. The maximum absolute atomic E-state index is 10.5. The molecule has 0 saturated carbocycles. The first kappa shape index (κ1) is 8.33. The zero-order chi connectivity index (χ0) is 8.59. The molecule has 0 aliphatic carbocycles. The van der Waals surface area contributed by atoms with E-state index >= 15 is 0 Å². The van der Waals surface area contributed by atoms with E-state index < -0.39 is 6.09 Å². The summed E-state index contributed by atoms with van der Waals surface area (Å²) < 4.78 is 0. The van der Waals surface area contributed by atoms with Gasteiger partial charge in [0.15, 0.2) is 0 Å². The van der Waals surface area contributed by atoms with E-state index in [1.165, 1.54) is 4.90 Å². The maximum atomic E-state index is 10.5. The number of likely N-dealkylation sites (tertiary alicyclic amines) is 1. The summed E-state index contributed by atoms with van der Waals surface area (Å²) in [6, 6.07) is 0.536. The van der Waals surface area contributed by atoms with Crippen LogP contribution in [-0.4, -0.2) is 53.7 Å². The molecule has 1 saturated heterocycles. The highest BCUT2D eigenvalue weighted by atomic mass is 16.4. The normalized spacial score (nSPS) is 30.4. The number of hydrogen-bond acceptors (Lipinski definition) is 2. The largest absolute Gasteiger partial charge is 0.465 e. The number of likely N-dealkylation sites (N-methyl/N-ethyl adjacent to an activating group) is 1. The van der Waals surface area contributed by atoms with Crippen molar-refractivity contribution >= 4 is 6.09 Å². The van der Waals surface area contributed by atoms with Gasteiger partial charge in [-0.15, -0.1) is 0 Å². The van der Waals surface area contributed by atoms with Gasteiger partial charge in [-0.3, -0.25) is 0 Å². The Morgan fingerprint density at radius 1 is 1.64 bits per heavy atom. The van der Waals surface area contributed by atoms with E-state index in [-0.39, 0.29) is 6.04 Å². The van der Waals surface area contributed by atoms with Crippen molar-refractivity contribution in [2.45, 2.75) is 19.0 Å². The molecule has 64 valence electrons. The van der Waals surface area contributed by atoms with E-state index in [2.05, 4.69) is 4.90 Å². The molecule has 1 heterocycles. The molecule has 0 bridgehead atoms. The first-order valence-corrected chi connectivity index (χ1v) is 3.70. The molecule has 1 N–H and O–H groups in total. The van der Waals surface area contributed by atoms with Crippen LogP contribution < -0.4 is 0 Å². The fraction of sp³-hybridized carbons (Fsp3) is 0.857. The smallest absolute Gasteiger partial charge is 0.407 e. The van der Waals surface area contributed by atoms with Gasteiger partial charge in [0.1, 0.15) is 0 Å². The first-order valence-electron chi connectivity index (χ1n) is 3.70. The molecule has 1 fully saturated rings.